The summed E-state index contributed by atoms with van der Waals surface area (Å²) in [6.07, 6.45) is -2.19. The normalized spacial score (nSPS) is 21.2. The Hall–Kier alpha value is -1.04. The van der Waals surface area contributed by atoms with Crippen LogP contribution >= 0.6 is 11.6 Å². The van der Waals surface area contributed by atoms with Gasteiger partial charge in [0.25, 0.3) is 0 Å². The maximum Gasteiger partial charge on any atom is 0.393 e. The molecule has 0 bridgehead atoms. The number of nitrogens with zero attached hydrogens (tertiary/aromatic N) is 3. The van der Waals surface area contributed by atoms with E-state index in [9.17, 15) is 13.2 Å². The molecule has 0 aromatic carbocycles. The fourth-order valence-corrected chi connectivity index (χ4v) is 2.30. The summed E-state index contributed by atoms with van der Waals surface area (Å²) >= 11 is 5.86. The zero-order valence-corrected chi connectivity index (χ0v) is 10.6. The van der Waals surface area contributed by atoms with Gasteiger partial charge in [0.15, 0.2) is 0 Å². The Morgan fingerprint density at radius 2 is 2.11 bits per heavy atom. The number of anilines is 1. The first-order valence-corrected chi connectivity index (χ1v) is 6.06. The Balaban J connectivity index is 2.21. The van der Waals surface area contributed by atoms with Gasteiger partial charge in [-0.3, -0.25) is 0 Å². The minimum absolute atomic E-state index is 0.0579. The van der Waals surface area contributed by atoms with Gasteiger partial charge in [-0.05, 0) is 19.8 Å². The second-order valence-electron chi connectivity index (χ2n) is 4.44. The lowest BCUT2D eigenvalue weighted by Crippen LogP contribution is -2.42. The maximum absolute atomic E-state index is 12.7. The molecule has 1 aliphatic heterocycles. The number of rotatable bonds is 1. The molecule has 1 saturated heterocycles. The van der Waals surface area contributed by atoms with Gasteiger partial charge in [0.05, 0.1) is 5.92 Å². The minimum atomic E-state index is -4.15. The van der Waals surface area contributed by atoms with Crippen LogP contribution in [0.5, 0.6) is 0 Å². The van der Waals surface area contributed by atoms with Crippen LogP contribution in [0.3, 0.4) is 0 Å². The second kappa shape index (κ2) is 4.91. The number of aromatic nitrogens is 2. The Kier molecular flexibility index (Phi) is 3.66. The van der Waals surface area contributed by atoms with E-state index in [0.717, 1.165) is 0 Å². The van der Waals surface area contributed by atoms with Crippen molar-refractivity contribution >= 4 is 17.4 Å². The number of alkyl halides is 3. The highest BCUT2D eigenvalue weighted by Crippen LogP contribution is 2.35. The molecule has 0 N–H and O–H groups in total. The molecule has 2 heterocycles. The predicted molar refractivity (Wildman–Crippen MR) is 62.8 cm³/mol. The van der Waals surface area contributed by atoms with E-state index < -0.39 is 12.1 Å². The van der Waals surface area contributed by atoms with Gasteiger partial charge in [0, 0.05) is 18.7 Å². The Morgan fingerprint density at radius 1 is 1.39 bits per heavy atom. The third kappa shape index (κ3) is 2.68. The van der Waals surface area contributed by atoms with Crippen molar-refractivity contribution in [3.63, 3.8) is 0 Å². The van der Waals surface area contributed by atoms with Crippen molar-refractivity contribution in [3.05, 3.63) is 17.0 Å². The van der Waals surface area contributed by atoms with E-state index in [1.54, 1.807) is 11.8 Å². The summed E-state index contributed by atoms with van der Waals surface area (Å²) in [5, 5.41) is 0.286. The van der Waals surface area contributed by atoms with Crippen LogP contribution in [0.1, 0.15) is 18.4 Å². The van der Waals surface area contributed by atoms with E-state index in [0.29, 0.717) is 24.3 Å². The standard InChI is InChI=1S/C11H13ClF3N3/c1-7-9(12)16-6-17-10(7)18-4-2-3-8(5-18)11(13,14)15/h6,8H,2-5H2,1H3. The van der Waals surface area contributed by atoms with Crippen LogP contribution in [0.2, 0.25) is 5.15 Å². The molecule has 1 unspecified atom stereocenters. The van der Waals surface area contributed by atoms with Crippen LogP contribution < -0.4 is 4.90 Å². The largest absolute Gasteiger partial charge is 0.393 e. The van der Waals surface area contributed by atoms with Crippen LogP contribution in [0.4, 0.5) is 19.0 Å². The Labute approximate surface area is 108 Å². The van der Waals surface area contributed by atoms with E-state index >= 15 is 0 Å². The summed E-state index contributed by atoms with van der Waals surface area (Å²) in [6.45, 7) is 2.23. The molecule has 0 spiro atoms. The molecular formula is C11H13ClF3N3. The van der Waals surface area contributed by atoms with Gasteiger partial charge in [-0.25, -0.2) is 9.97 Å². The van der Waals surface area contributed by atoms with E-state index in [2.05, 4.69) is 9.97 Å². The fraction of sp³-hybridized carbons (Fsp3) is 0.636. The fourth-order valence-electron chi connectivity index (χ4n) is 2.18. The van der Waals surface area contributed by atoms with Crippen molar-refractivity contribution in [1.82, 2.24) is 9.97 Å². The molecule has 100 valence electrons. The minimum Gasteiger partial charge on any atom is -0.356 e. The van der Waals surface area contributed by atoms with Crippen molar-refractivity contribution in [2.45, 2.75) is 25.9 Å². The molecule has 1 fully saturated rings. The zero-order valence-electron chi connectivity index (χ0n) is 9.84. The quantitative estimate of drug-likeness (QED) is 0.739. The van der Waals surface area contributed by atoms with E-state index in [4.69, 9.17) is 11.6 Å². The van der Waals surface area contributed by atoms with Crippen LogP contribution in [-0.4, -0.2) is 29.2 Å². The van der Waals surface area contributed by atoms with Crippen LogP contribution in [-0.2, 0) is 0 Å². The summed E-state index contributed by atoms with van der Waals surface area (Å²) in [5.74, 6) is -0.789. The summed E-state index contributed by atoms with van der Waals surface area (Å²) < 4.78 is 38.2. The average Bonchev–Trinajstić information content (AvgIpc) is 2.32. The van der Waals surface area contributed by atoms with Gasteiger partial charge in [-0.2, -0.15) is 13.2 Å². The molecule has 0 saturated carbocycles. The number of hydrogen-bond donors (Lipinski definition) is 0. The first-order valence-electron chi connectivity index (χ1n) is 5.68. The first kappa shape index (κ1) is 13.4. The van der Waals surface area contributed by atoms with Gasteiger partial charge in [0.1, 0.15) is 17.3 Å². The number of hydrogen-bond acceptors (Lipinski definition) is 3. The zero-order chi connectivity index (χ0) is 13.3. The van der Waals surface area contributed by atoms with Gasteiger partial charge in [-0.1, -0.05) is 11.6 Å². The van der Waals surface area contributed by atoms with Crippen molar-refractivity contribution in [1.29, 1.82) is 0 Å². The summed E-state index contributed by atoms with van der Waals surface area (Å²) in [5.41, 5.74) is 0.627. The molecule has 1 aromatic heterocycles. The summed E-state index contributed by atoms with van der Waals surface area (Å²) in [7, 11) is 0. The van der Waals surface area contributed by atoms with Crippen LogP contribution in [0.15, 0.2) is 6.33 Å². The molecule has 18 heavy (non-hydrogen) atoms. The van der Waals surface area contributed by atoms with Gasteiger partial charge >= 0.3 is 6.18 Å². The van der Waals surface area contributed by atoms with Crippen molar-refractivity contribution in [3.8, 4) is 0 Å². The second-order valence-corrected chi connectivity index (χ2v) is 4.80. The molecule has 7 heteroatoms. The van der Waals surface area contributed by atoms with Gasteiger partial charge < -0.3 is 4.90 Å². The predicted octanol–water partition coefficient (Wildman–Crippen LogP) is 3.22. The molecule has 3 nitrogen and oxygen atoms in total. The average molecular weight is 280 g/mol. The van der Waals surface area contributed by atoms with Crippen LogP contribution in [0.25, 0.3) is 0 Å². The maximum atomic E-state index is 12.7. The lowest BCUT2D eigenvalue weighted by Gasteiger charge is -2.35. The monoisotopic (exact) mass is 279 g/mol. The van der Waals surface area contributed by atoms with Crippen molar-refractivity contribution < 1.29 is 13.2 Å². The highest BCUT2D eigenvalue weighted by atomic mass is 35.5. The number of piperidine rings is 1. The van der Waals surface area contributed by atoms with Gasteiger partial charge in [-0.15, -0.1) is 0 Å². The van der Waals surface area contributed by atoms with Crippen LogP contribution in [0, 0.1) is 12.8 Å². The molecule has 1 aromatic rings. The first-order chi connectivity index (χ1) is 8.39. The van der Waals surface area contributed by atoms with Crippen molar-refractivity contribution in [2.75, 3.05) is 18.0 Å². The lowest BCUT2D eigenvalue weighted by molar-refractivity contribution is -0.176. The van der Waals surface area contributed by atoms with E-state index in [1.807, 2.05) is 0 Å². The number of halogens is 4. The Morgan fingerprint density at radius 3 is 2.78 bits per heavy atom. The van der Waals surface area contributed by atoms with Gasteiger partial charge in [0.2, 0.25) is 0 Å². The van der Waals surface area contributed by atoms with Crippen molar-refractivity contribution in [2.24, 2.45) is 5.92 Å². The molecule has 0 amide bonds. The summed E-state index contributed by atoms with van der Waals surface area (Å²) in [6, 6.07) is 0. The third-order valence-corrected chi connectivity index (χ3v) is 3.56. The van der Waals surface area contributed by atoms with E-state index in [-0.39, 0.29) is 18.1 Å². The molecule has 2 rings (SSSR count). The molecule has 0 aliphatic carbocycles. The van der Waals surface area contributed by atoms with E-state index in [1.165, 1.54) is 6.33 Å². The lowest BCUT2D eigenvalue weighted by atomic mass is 9.97. The molecule has 1 atom stereocenters. The molecule has 1 aliphatic rings. The molecular weight excluding hydrogens is 267 g/mol. The summed E-state index contributed by atoms with van der Waals surface area (Å²) in [4.78, 5) is 9.49. The smallest absolute Gasteiger partial charge is 0.356 e. The molecule has 0 radical (unpaired) electrons. The highest BCUT2D eigenvalue weighted by molar-refractivity contribution is 6.30. The third-order valence-electron chi connectivity index (χ3n) is 3.18. The Bertz CT molecular complexity index is 436. The highest BCUT2D eigenvalue weighted by Gasteiger charge is 2.42. The SMILES string of the molecule is Cc1c(Cl)ncnc1N1CCCC(C(F)(F)F)C1. The topological polar surface area (TPSA) is 29.0 Å².